The first-order valence-electron chi connectivity index (χ1n) is 7.31. The molecule has 1 fully saturated rings. The monoisotopic (exact) mass is 276 g/mol. The topological polar surface area (TPSA) is 41.6 Å². The van der Waals surface area contributed by atoms with E-state index in [4.69, 9.17) is 4.74 Å². The van der Waals surface area contributed by atoms with Crippen molar-refractivity contribution in [2.24, 2.45) is 0 Å². The number of carbonyl (C=O) groups excluding carboxylic acids is 1. The summed E-state index contributed by atoms with van der Waals surface area (Å²) >= 11 is 0. The molecule has 1 aliphatic heterocycles. The van der Waals surface area contributed by atoms with Gasteiger partial charge in [-0.2, -0.15) is 0 Å². The molecule has 1 aliphatic rings. The molecule has 1 heterocycles. The number of nitrogens with zero attached hydrogens (tertiary/aromatic N) is 1. The summed E-state index contributed by atoms with van der Waals surface area (Å²) in [5.74, 6) is 0.630. The summed E-state index contributed by atoms with van der Waals surface area (Å²) in [5.41, 5.74) is 2.28. The van der Waals surface area contributed by atoms with Gasteiger partial charge in [-0.3, -0.25) is 4.79 Å². The summed E-state index contributed by atoms with van der Waals surface area (Å²) in [4.78, 5) is 14.2. The predicted octanol–water partition coefficient (Wildman–Crippen LogP) is 2.47. The zero-order valence-corrected chi connectivity index (χ0v) is 12.6. The van der Waals surface area contributed by atoms with Crippen molar-refractivity contribution in [3.8, 4) is 0 Å². The van der Waals surface area contributed by atoms with Crippen molar-refractivity contribution < 1.29 is 9.53 Å². The SMILES string of the molecule is CC(Nc1cccc(C(C)C)c1)C(=O)N1CCOCC1. The van der Waals surface area contributed by atoms with E-state index in [0.29, 0.717) is 32.2 Å². The number of hydrogen-bond acceptors (Lipinski definition) is 3. The van der Waals surface area contributed by atoms with Crippen LogP contribution in [0.4, 0.5) is 5.69 Å². The molecule has 1 saturated heterocycles. The molecule has 0 aromatic heterocycles. The average Bonchev–Trinajstić information content (AvgIpc) is 2.47. The maximum absolute atomic E-state index is 12.3. The van der Waals surface area contributed by atoms with Crippen molar-refractivity contribution in [3.05, 3.63) is 29.8 Å². The predicted molar refractivity (Wildman–Crippen MR) is 81.0 cm³/mol. The average molecular weight is 276 g/mol. The maximum Gasteiger partial charge on any atom is 0.244 e. The molecule has 2 rings (SSSR count). The third kappa shape index (κ3) is 3.73. The highest BCUT2D eigenvalue weighted by Crippen LogP contribution is 2.19. The van der Waals surface area contributed by atoms with Crippen LogP contribution in [-0.4, -0.2) is 43.2 Å². The van der Waals surface area contributed by atoms with Crippen molar-refractivity contribution in [1.82, 2.24) is 4.90 Å². The van der Waals surface area contributed by atoms with Crippen LogP contribution in [-0.2, 0) is 9.53 Å². The van der Waals surface area contributed by atoms with Gasteiger partial charge < -0.3 is 15.0 Å². The highest BCUT2D eigenvalue weighted by molar-refractivity contribution is 5.84. The third-order valence-corrected chi connectivity index (χ3v) is 3.63. The quantitative estimate of drug-likeness (QED) is 0.918. The number of carbonyl (C=O) groups is 1. The van der Waals surface area contributed by atoms with E-state index in [2.05, 4.69) is 31.3 Å². The van der Waals surface area contributed by atoms with Crippen LogP contribution in [0.2, 0.25) is 0 Å². The molecule has 0 radical (unpaired) electrons. The van der Waals surface area contributed by atoms with Crippen LogP contribution in [0.25, 0.3) is 0 Å². The normalized spacial score (nSPS) is 17.1. The van der Waals surface area contributed by atoms with Crippen LogP contribution < -0.4 is 5.32 Å². The van der Waals surface area contributed by atoms with E-state index in [-0.39, 0.29) is 11.9 Å². The number of anilines is 1. The molecule has 1 unspecified atom stereocenters. The molecule has 1 N–H and O–H groups in total. The second kappa shape index (κ2) is 6.75. The van der Waals surface area contributed by atoms with Gasteiger partial charge >= 0.3 is 0 Å². The summed E-state index contributed by atoms with van der Waals surface area (Å²) in [6.07, 6.45) is 0. The van der Waals surface area contributed by atoms with Gasteiger partial charge in [0, 0.05) is 18.8 Å². The molecule has 1 aromatic rings. The van der Waals surface area contributed by atoms with Gasteiger partial charge in [0.2, 0.25) is 5.91 Å². The minimum atomic E-state index is -0.212. The molecule has 1 aromatic carbocycles. The molecule has 1 amide bonds. The van der Waals surface area contributed by atoms with Crippen LogP contribution in [0.5, 0.6) is 0 Å². The van der Waals surface area contributed by atoms with Crippen LogP contribution in [0.3, 0.4) is 0 Å². The van der Waals surface area contributed by atoms with Crippen molar-refractivity contribution in [1.29, 1.82) is 0 Å². The van der Waals surface area contributed by atoms with Crippen molar-refractivity contribution in [2.45, 2.75) is 32.7 Å². The third-order valence-electron chi connectivity index (χ3n) is 3.63. The fourth-order valence-corrected chi connectivity index (χ4v) is 2.36. The van der Waals surface area contributed by atoms with Crippen LogP contribution in [0.15, 0.2) is 24.3 Å². The number of benzene rings is 1. The number of nitrogens with one attached hydrogen (secondary N) is 1. The Labute approximate surface area is 121 Å². The first-order chi connectivity index (χ1) is 9.58. The van der Waals surface area contributed by atoms with Gasteiger partial charge in [-0.05, 0) is 30.5 Å². The first kappa shape index (κ1) is 14.9. The fourth-order valence-electron chi connectivity index (χ4n) is 2.36. The van der Waals surface area contributed by atoms with E-state index in [1.165, 1.54) is 5.56 Å². The lowest BCUT2D eigenvalue weighted by molar-refractivity contribution is -0.135. The maximum atomic E-state index is 12.3. The molecule has 1 atom stereocenters. The van der Waals surface area contributed by atoms with Crippen molar-refractivity contribution in [3.63, 3.8) is 0 Å². The van der Waals surface area contributed by atoms with Crippen LogP contribution >= 0.6 is 0 Å². The number of ether oxygens (including phenoxy) is 1. The minimum Gasteiger partial charge on any atom is -0.378 e. The summed E-state index contributed by atoms with van der Waals surface area (Å²) in [7, 11) is 0. The molecule has 0 spiro atoms. The molecule has 0 bridgehead atoms. The Kier molecular flexibility index (Phi) is 5.01. The standard InChI is InChI=1S/C16H24N2O2/c1-12(2)14-5-4-6-15(11-14)17-13(3)16(19)18-7-9-20-10-8-18/h4-6,11-13,17H,7-10H2,1-3H3. The zero-order valence-electron chi connectivity index (χ0n) is 12.6. The van der Waals surface area contributed by atoms with E-state index >= 15 is 0 Å². The number of morpholine rings is 1. The molecule has 4 heteroatoms. The Morgan fingerprint density at radius 3 is 2.60 bits per heavy atom. The van der Waals surface area contributed by atoms with Gasteiger partial charge in [-0.25, -0.2) is 0 Å². The van der Waals surface area contributed by atoms with Gasteiger partial charge in [-0.15, -0.1) is 0 Å². The molecule has 110 valence electrons. The summed E-state index contributed by atoms with van der Waals surface area (Å²) in [6.45, 7) is 8.92. The first-order valence-corrected chi connectivity index (χ1v) is 7.31. The highest BCUT2D eigenvalue weighted by Gasteiger charge is 2.22. The van der Waals surface area contributed by atoms with E-state index in [1.807, 2.05) is 24.0 Å². The Balaban J connectivity index is 1.97. The minimum absolute atomic E-state index is 0.142. The largest absolute Gasteiger partial charge is 0.378 e. The second-order valence-electron chi connectivity index (χ2n) is 5.58. The number of rotatable bonds is 4. The molecule has 0 saturated carbocycles. The Hall–Kier alpha value is -1.55. The van der Waals surface area contributed by atoms with E-state index in [1.54, 1.807) is 0 Å². The van der Waals surface area contributed by atoms with Gasteiger partial charge in [0.25, 0.3) is 0 Å². The van der Waals surface area contributed by atoms with Gasteiger partial charge in [-0.1, -0.05) is 26.0 Å². The summed E-state index contributed by atoms with van der Waals surface area (Å²) < 4.78 is 5.28. The number of amides is 1. The molecule has 0 aliphatic carbocycles. The lowest BCUT2D eigenvalue weighted by atomic mass is 10.0. The second-order valence-corrected chi connectivity index (χ2v) is 5.58. The van der Waals surface area contributed by atoms with Gasteiger partial charge in [0.1, 0.15) is 6.04 Å². The van der Waals surface area contributed by atoms with E-state index < -0.39 is 0 Å². The van der Waals surface area contributed by atoms with E-state index in [0.717, 1.165) is 5.69 Å². The Morgan fingerprint density at radius 1 is 1.25 bits per heavy atom. The van der Waals surface area contributed by atoms with Crippen LogP contribution in [0, 0.1) is 0 Å². The molecule has 4 nitrogen and oxygen atoms in total. The zero-order chi connectivity index (χ0) is 14.5. The highest BCUT2D eigenvalue weighted by atomic mass is 16.5. The summed E-state index contributed by atoms with van der Waals surface area (Å²) in [5, 5.41) is 3.30. The fraction of sp³-hybridized carbons (Fsp3) is 0.562. The van der Waals surface area contributed by atoms with Crippen LogP contribution in [0.1, 0.15) is 32.3 Å². The van der Waals surface area contributed by atoms with E-state index in [9.17, 15) is 4.79 Å². The van der Waals surface area contributed by atoms with Gasteiger partial charge in [0.05, 0.1) is 13.2 Å². The summed E-state index contributed by atoms with van der Waals surface area (Å²) in [6, 6.07) is 8.06. The van der Waals surface area contributed by atoms with Crippen molar-refractivity contribution in [2.75, 3.05) is 31.6 Å². The van der Waals surface area contributed by atoms with Crippen molar-refractivity contribution >= 4 is 11.6 Å². The Morgan fingerprint density at radius 2 is 1.95 bits per heavy atom. The smallest absolute Gasteiger partial charge is 0.244 e. The lowest BCUT2D eigenvalue weighted by Gasteiger charge is -2.29. The molecular formula is C16H24N2O2. The number of hydrogen-bond donors (Lipinski definition) is 1. The van der Waals surface area contributed by atoms with Gasteiger partial charge in [0.15, 0.2) is 0 Å². The molecule has 20 heavy (non-hydrogen) atoms. The molecular weight excluding hydrogens is 252 g/mol. The lowest BCUT2D eigenvalue weighted by Crippen LogP contribution is -2.47. The Bertz CT molecular complexity index is 454.